The predicted molar refractivity (Wildman–Crippen MR) is 58.7 cm³/mol. The Kier molecular flexibility index (Phi) is 3.68. The maximum absolute atomic E-state index is 10.9. The number of carboxylic acids is 3. The third-order valence-electron chi connectivity index (χ3n) is 2.03. The number of aliphatic carboxylic acids is 1. The highest BCUT2D eigenvalue weighted by Gasteiger charge is 2.17. The molecule has 0 amide bonds. The van der Waals surface area contributed by atoms with Crippen molar-refractivity contribution in [2.45, 2.75) is 0 Å². The molecule has 0 atom stereocenters. The number of aromatic carboxylic acids is 2. The van der Waals surface area contributed by atoms with E-state index in [0.29, 0.717) is 6.08 Å². The summed E-state index contributed by atoms with van der Waals surface area (Å²) in [5, 5.41) is 35.4. The molecule has 94 valence electrons. The van der Waals surface area contributed by atoms with Crippen molar-refractivity contribution in [1.29, 1.82) is 0 Å². The van der Waals surface area contributed by atoms with Crippen molar-refractivity contribution in [1.82, 2.24) is 0 Å². The van der Waals surface area contributed by atoms with Crippen molar-refractivity contribution >= 4 is 24.0 Å². The number of phenols is 1. The van der Waals surface area contributed by atoms with E-state index in [1.165, 1.54) is 0 Å². The standard InChI is InChI=1S/C11H8O7/c12-8-3-5(1-2-9(13)14)6(10(15)16)4-7(8)11(17)18/h1-4,12H,(H,13,14)(H,15,16)(H,17,18)/b2-1+. The second kappa shape index (κ2) is 5.00. The summed E-state index contributed by atoms with van der Waals surface area (Å²) >= 11 is 0. The van der Waals surface area contributed by atoms with E-state index in [0.717, 1.165) is 18.2 Å². The van der Waals surface area contributed by atoms with E-state index in [2.05, 4.69) is 0 Å². The van der Waals surface area contributed by atoms with Crippen LogP contribution in [-0.4, -0.2) is 38.3 Å². The number of benzene rings is 1. The molecule has 0 heterocycles. The van der Waals surface area contributed by atoms with Crippen molar-refractivity contribution in [3.63, 3.8) is 0 Å². The fourth-order valence-corrected chi connectivity index (χ4v) is 1.26. The number of rotatable bonds is 4. The lowest BCUT2D eigenvalue weighted by atomic mass is 10.0. The van der Waals surface area contributed by atoms with E-state index in [1.54, 1.807) is 0 Å². The van der Waals surface area contributed by atoms with Crippen molar-refractivity contribution in [2.24, 2.45) is 0 Å². The van der Waals surface area contributed by atoms with Gasteiger partial charge < -0.3 is 20.4 Å². The van der Waals surface area contributed by atoms with Crippen LogP contribution in [0.1, 0.15) is 26.3 Å². The summed E-state index contributed by atoms with van der Waals surface area (Å²) in [5.74, 6) is -4.85. The molecule has 0 aromatic heterocycles. The average Bonchev–Trinajstić information content (AvgIpc) is 2.25. The van der Waals surface area contributed by atoms with Crippen LogP contribution >= 0.6 is 0 Å². The number of carboxylic acid groups (broad SMARTS) is 3. The van der Waals surface area contributed by atoms with Gasteiger partial charge in [-0.15, -0.1) is 0 Å². The summed E-state index contributed by atoms with van der Waals surface area (Å²) in [6.07, 6.45) is 1.64. The molecule has 18 heavy (non-hydrogen) atoms. The minimum Gasteiger partial charge on any atom is -0.507 e. The van der Waals surface area contributed by atoms with Gasteiger partial charge in [-0.2, -0.15) is 0 Å². The summed E-state index contributed by atoms with van der Waals surface area (Å²) in [7, 11) is 0. The third-order valence-corrected chi connectivity index (χ3v) is 2.03. The number of aromatic hydroxyl groups is 1. The molecule has 1 rings (SSSR count). The lowest BCUT2D eigenvalue weighted by Gasteiger charge is -2.05. The van der Waals surface area contributed by atoms with E-state index in [4.69, 9.17) is 15.3 Å². The van der Waals surface area contributed by atoms with Crippen LogP contribution in [0.15, 0.2) is 18.2 Å². The molecular formula is C11H8O7. The molecule has 1 aromatic rings. The van der Waals surface area contributed by atoms with Crippen molar-refractivity contribution < 1.29 is 34.8 Å². The zero-order valence-electron chi connectivity index (χ0n) is 8.82. The molecule has 7 heteroatoms. The maximum Gasteiger partial charge on any atom is 0.339 e. The summed E-state index contributed by atoms with van der Waals surface area (Å²) in [5.41, 5.74) is -1.09. The SMILES string of the molecule is O=C(O)/C=C/c1cc(O)c(C(=O)O)cc1C(=O)O. The number of hydrogen-bond donors (Lipinski definition) is 4. The van der Waals surface area contributed by atoms with E-state index >= 15 is 0 Å². The molecule has 7 nitrogen and oxygen atoms in total. The Balaban J connectivity index is 3.43. The molecule has 0 bridgehead atoms. The first-order chi connectivity index (χ1) is 8.32. The van der Waals surface area contributed by atoms with E-state index < -0.39 is 34.8 Å². The van der Waals surface area contributed by atoms with Gasteiger partial charge in [-0.25, -0.2) is 14.4 Å². The lowest BCUT2D eigenvalue weighted by Crippen LogP contribution is -2.05. The predicted octanol–water partition coefficient (Wildman–Crippen LogP) is 0.886. The molecule has 0 aliphatic heterocycles. The van der Waals surface area contributed by atoms with Crippen LogP contribution in [0, 0.1) is 0 Å². The Morgan fingerprint density at radius 2 is 1.50 bits per heavy atom. The smallest absolute Gasteiger partial charge is 0.339 e. The van der Waals surface area contributed by atoms with Gasteiger partial charge in [0.15, 0.2) is 0 Å². The van der Waals surface area contributed by atoms with Gasteiger partial charge in [0.2, 0.25) is 0 Å². The maximum atomic E-state index is 10.9. The van der Waals surface area contributed by atoms with Crippen LogP contribution in [0.4, 0.5) is 0 Å². The highest BCUT2D eigenvalue weighted by Crippen LogP contribution is 2.24. The first-order valence-electron chi connectivity index (χ1n) is 4.57. The first kappa shape index (κ1) is 13.2. The van der Waals surface area contributed by atoms with E-state index in [-0.39, 0.29) is 5.56 Å². The molecule has 0 aliphatic rings. The van der Waals surface area contributed by atoms with Gasteiger partial charge in [-0.1, -0.05) is 0 Å². The molecular weight excluding hydrogens is 244 g/mol. The molecule has 0 aliphatic carbocycles. The van der Waals surface area contributed by atoms with Crippen LogP contribution in [0.2, 0.25) is 0 Å². The Morgan fingerprint density at radius 3 is 1.94 bits per heavy atom. The number of hydrogen-bond acceptors (Lipinski definition) is 4. The van der Waals surface area contributed by atoms with Gasteiger partial charge in [0, 0.05) is 6.08 Å². The largest absolute Gasteiger partial charge is 0.507 e. The zero-order chi connectivity index (χ0) is 13.9. The fraction of sp³-hybridized carbons (Fsp3) is 0. The van der Waals surface area contributed by atoms with Crippen LogP contribution in [-0.2, 0) is 4.79 Å². The highest BCUT2D eigenvalue weighted by molar-refractivity contribution is 5.99. The lowest BCUT2D eigenvalue weighted by molar-refractivity contribution is -0.131. The minimum atomic E-state index is -1.48. The Bertz CT molecular complexity index is 557. The third kappa shape index (κ3) is 2.85. The molecule has 0 spiro atoms. The van der Waals surface area contributed by atoms with Gasteiger partial charge >= 0.3 is 17.9 Å². The first-order valence-corrected chi connectivity index (χ1v) is 4.57. The van der Waals surface area contributed by atoms with Gasteiger partial charge in [-0.05, 0) is 23.8 Å². The molecule has 0 fully saturated rings. The average molecular weight is 252 g/mol. The van der Waals surface area contributed by atoms with Gasteiger partial charge in [-0.3, -0.25) is 0 Å². The Morgan fingerprint density at radius 1 is 0.944 bits per heavy atom. The normalized spacial score (nSPS) is 10.4. The van der Waals surface area contributed by atoms with Gasteiger partial charge in [0.05, 0.1) is 5.56 Å². The molecule has 0 saturated heterocycles. The second-order valence-electron chi connectivity index (χ2n) is 3.24. The Labute approximate surface area is 100 Å². The summed E-state index contributed by atoms with van der Waals surface area (Å²) in [4.78, 5) is 31.9. The Hall–Kier alpha value is -2.83. The van der Waals surface area contributed by atoms with Crippen molar-refractivity contribution in [2.75, 3.05) is 0 Å². The van der Waals surface area contributed by atoms with Crippen LogP contribution in [0.5, 0.6) is 5.75 Å². The molecule has 1 aromatic carbocycles. The van der Waals surface area contributed by atoms with E-state index in [9.17, 15) is 19.5 Å². The topological polar surface area (TPSA) is 132 Å². The molecule has 4 N–H and O–H groups in total. The molecule has 0 radical (unpaired) electrons. The summed E-state index contributed by atoms with van der Waals surface area (Å²) in [6, 6.07) is 1.65. The summed E-state index contributed by atoms with van der Waals surface area (Å²) in [6.45, 7) is 0. The number of carbonyl (C=O) groups is 3. The van der Waals surface area contributed by atoms with Crippen LogP contribution < -0.4 is 0 Å². The molecule has 0 saturated carbocycles. The van der Waals surface area contributed by atoms with Crippen molar-refractivity contribution in [3.05, 3.63) is 34.9 Å². The van der Waals surface area contributed by atoms with Gasteiger partial charge in [0.1, 0.15) is 11.3 Å². The highest BCUT2D eigenvalue weighted by atomic mass is 16.4. The van der Waals surface area contributed by atoms with Crippen LogP contribution in [0.3, 0.4) is 0 Å². The minimum absolute atomic E-state index is 0.104. The summed E-state index contributed by atoms with van der Waals surface area (Å²) < 4.78 is 0. The van der Waals surface area contributed by atoms with Gasteiger partial charge in [0.25, 0.3) is 0 Å². The van der Waals surface area contributed by atoms with Crippen LogP contribution in [0.25, 0.3) is 6.08 Å². The molecule has 0 unspecified atom stereocenters. The fourth-order valence-electron chi connectivity index (χ4n) is 1.26. The quantitative estimate of drug-likeness (QED) is 0.585. The second-order valence-corrected chi connectivity index (χ2v) is 3.24. The van der Waals surface area contributed by atoms with Crippen molar-refractivity contribution in [3.8, 4) is 5.75 Å². The monoisotopic (exact) mass is 252 g/mol. The zero-order valence-corrected chi connectivity index (χ0v) is 8.82. The van der Waals surface area contributed by atoms with E-state index in [1.807, 2.05) is 0 Å².